The molecule has 0 saturated heterocycles. The van der Waals surface area contributed by atoms with Crippen LogP contribution < -0.4 is 0 Å². The lowest BCUT2D eigenvalue weighted by molar-refractivity contribution is -0.144. The Labute approximate surface area is 90.3 Å². The molecular formula is C13H16O2. The summed E-state index contributed by atoms with van der Waals surface area (Å²) in [6.45, 7) is 2.33. The molecule has 2 nitrogen and oxygen atoms in total. The topological polar surface area (TPSA) is 26.3 Å². The smallest absolute Gasteiger partial charge is 0.306 e. The van der Waals surface area contributed by atoms with E-state index >= 15 is 0 Å². The fraction of sp³-hybridized carbons (Fsp3) is 0.462. The highest BCUT2D eigenvalue weighted by atomic mass is 16.5. The van der Waals surface area contributed by atoms with Gasteiger partial charge in [-0.2, -0.15) is 0 Å². The highest BCUT2D eigenvalue weighted by Gasteiger charge is 2.23. The molecule has 2 heteroatoms. The lowest BCUT2D eigenvalue weighted by atomic mass is 10.0. The number of hydrogen-bond donors (Lipinski definition) is 0. The number of carbonyl (C=O) groups excluding carboxylic acids is 1. The maximum absolute atomic E-state index is 11.3. The predicted octanol–water partition coefficient (Wildman–Crippen LogP) is 2.35. The first kappa shape index (κ1) is 10.2. The van der Waals surface area contributed by atoms with Crippen molar-refractivity contribution in [1.29, 1.82) is 0 Å². The average Bonchev–Trinajstić information content (AvgIpc) is 2.59. The summed E-state index contributed by atoms with van der Waals surface area (Å²) in [5, 5.41) is 0. The number of esters is 1. The summed E-state index contributed by atoms with van der Waals surface area (Å²) in [4.78, 5) is 11.3. The number of carbonyl (C=O) groups is 1. The normalized spacial score (nSPS) is 15.0. The van der Waals surface area contributed by atoms with Gasteiger partial charge in [0.25, 0.3) is 0 Å². The highest BCUT2D eigenvalue weighted by molar-refractivity contribution is 5.70. The molecule has 0 atom stereocenters. The van der Waals surface area contributed by atoms with Crippen LogP contribution in [0.15, 0.2) is 24.3 Å². The van der Waals surface area contributed by atoms with E-state index in [1.54, 1.807) is 0 Å². The van der Waals surface area contributed by atoms with Gasteiger partial charge in [-0.1, -0.05) is 24.3 Å². The van der Waals surface area contributed by atoms with Gasteiger partial charge in [0.05, 0.1) is 6.61 Å². The van der Waals surface area contributed by atoms with Gasteiger partial charge in [-0.3, -0.25) is 4.79 Å². The first-order valence-electron chi connectivity index (χ1n) is 5.52. The molecule has 0 unspecified atom stereocenters. The summed E-state index contributed by atoms with van der Waals surface area (Å²) in [6.07, 6.45) is 2.60. The summed E-state index contributed by atoms with van der Waals surface area (Å²) >= 11 is 0. The highest BCUT2D eigenvalue weighted by Crippen LogP contribution is 2.28. The molecule has 1 aliphatic carbocycles. The van der Waals surface area contributed by atoms with Crippen LogP contribution in [0.1, 0.15) is 24.5 Å². The molecule has 0 radical (unpaired) electrons. The maximum Gasteiger partial charge on any atom is 0.306 e. The number of ether oxygens (including phenoxy) is 1. The van der Waals surface area contributed by atoms with E-state index < -0.39 is 0 Å². The Hall–Kier alpha value is -1.31. The van der Waals surface area contributed by atoms with Crippen LogP contribution in [-0.2, 0) is 22.4 Å². The fourth-order valence-electron chi connectivity index (χ4n) is 2.25. The Bertz CT molecular complexity index is 332. The van der Waals surface area contributed by atoms with E-state index in [0.29, 0.717) is 18.9 Å². The molecule has 80 valence electrons. The minimum Gasteiger partial charge on any atom is -0.466 e. The summed E-state index contributed by atoms with van der Waals surface area (Å²) in [5.74, 6) is 0.386. The molecular weight excluding hydrogens is 188 g/mol. The molecule has 2 rings (SSSR count). The molecule has 1 aromatic rings. The van der Waals surface area contributed by atoms with Crippen molar-refractivity contribution >= 4 is 5.97 Å². The molecule has 15 heavy (non-hydrogen) atoms. The zero-order valence-electron chi connectivity index (χ0n) is 9.03. The second-order valence-corrected chi connectivity index (χ2v) is 4.05. The Morgan fingerprint density at radius 3 is 2.47 bits per heavy atom. The molecule has 0 N–H and O–H groups in total. The standard InChI is InChI=1S/C13H16O2/c1-2-15-13(14)9-10-7-11-5-3-4-6-12(11)8-10/h3-6,10H,2,7-9H2,1H3. The molecule has 1 aliphatic rings. The molecule has 0 saturated carbocycles. The van der Waals surface area contributed by atoms with Crippen LogP contribution in [-0.4, -0.2) is 12.6 Å². The lowest BCUT2D eigenvalue weighted by Crippen LogP contribution is -2.11. The van der Waals surface area contributed by atoms with E-state index in [1.165, 1.54) is 11.1 Å². The van der Waals surface area contributed by atoms with Crippen LogP contribution in [0.2, 0.25) is 0 Å². The van der Waals surface area contributed by atoms with Gasteiger partial charge >= 0.3 is 5.97 Å². The first-order chi connectivity index (χ1) is 7.29. The van der Waals surface area contributed by atoms with Crippen LogP contribution in [0.25, 0.3) is 0 Å². The average molecular weight is 204 g/mol. The molecule has 0 amide bonds. The second-order valence-electron chi connectivity index (χ2n) is 4.05. The molecule has 0 fully saturated rings. The Morgan fingerprint density at radius 1 is 1.33 bits per heavy atom. The minimum atomic E-state index is -0.0599. The molecule has 0 aromatic heterocycles. The third-order valence-corrected chi connectivity index (χ3v) is 2.90. The van der Waals surface area contributed by atoms with Gasteiger partial charge in [0.2, 0.25) is 0 Å². The summed E-state index contributed by atoms with van der Waals surface area (Å²) in [7, 11) is 0. The fourth-order valence-corrected chi connectivity index (χ4v) is 2.25. The van der Waals surface area contributed by atoms with E-state index in [2.05, 4.69) is 24.3 Å². The van der Waals surface area contributed by atoms with Crippen molar-refractivity contribution in [2.75, 3.05) is 6.61 Å². The Morgan fingerprint density at radius 2 is 1.93 bits per heavy atom. The minimum absolute atomic E-state index is 0.0599. The third-order valence-electron chi connectivity index (χ3n) is 2.90. The Balaban J connectivity index is 1.93. The molecule has 0 spiro atoms. The van der Waals surface area contributed by atoms with Crippen molar-refractivity contribution in [2.45, 2.75) is 26.2 Å². The largest absolute Gasteiger partial charge is 0.466 e. The monoisotopic (exact) mass is 204 g/mol. The van der Waals surface area contributed by atoms with Gasteiger partial charge in [-0.05, 0) is 36.8 Å². The van der Waals surface area contributed by atoms with Crippen LogP contribution in [0.5, 0.6) is 0 Å². The SMILES string of the molecule is CCOC(=O)CC1Cc2ccccc2C1. The number of benzene rings is 1. The van der Waals surface area contributed by atoms with E-state index in [9.17, 15) is 4.79 Å². The van der Waals surface area contributed by atoms with Gasteiger partial charge in [0, 0.05) is 6.42 Å². The van der Waals surface area contributed by atoms with Crippen LogP contribution in [0.3, 0.4) is 0 Å². The van der Waals surface area contributed by atoms with Crippen molar-refractivity contribution in [2.24, 2.45) is 5.92 Å². The Kier molecular flexibility index (Phi) is 3.05. The maximum atomic E-state index is 11.3. The first-order valence-corrected chi connectivity index (χ1v) is 5.52. The van der Waals surface area contributed by atoms with Crippen LogP contribution >= 0.6 is 0 Å². The van der Waals surface area contributed by atoms with Crippen LogP contribution in [0.4, 0.5) is 0 Å². The van der Waals surface area contributed by atoms with Gasteiger partial charge in [-0.25, -0.2) is 0 Å². The lowest BCUT2D eigenvalue weighted by Gasteiger charge is -2.07. The summed E-state index contributed by atoms with van der Waals surface area (Å²) < 4.78 is 4.96. The predicted molar refractivity (Wildman–Crippen MR) is 58.6 cm³/mol. The van der Waals surface area contributed by atoms with Gasteiger partial charge in [-0.15, -0.1) is 0 Å². The second kappa shape index (κ2) is 4.47. The van der Waals surface area contributed by atoms with E-state index in [4.69, 9.17) is 4.74 Å². The van der Waals surface area contributed by atoms with Gasteiger partial charge in [0.1, 0.15) is 0 Å². The van der Waals surface area contributed by atoms with Crippen molar-refractivity contribution in [3.05, 3.63) is 35.4 Å². The molecule has 1 aromatic carbocycles. The number of rotatable bonds is 3. The quantitative estimate of drug-likeness (QED) is 0.706. The van der Waals surface area contributed by atoms with Gasteiger partial charge in [0.15, 0.2) is 0 Å². The molecule has 0 bridgehead atoms. The van der Waals surface area contributed by atoms with Gasteiger partial charge < -0.3 is 4.74 Å². The van der Waals surface area contributed by atoms with Crippen molar-refractivity contribution in [1.82, 2.24) is 0 Å². The van der Waals surface area contributed by atoms with Crippen molar-refractivity contribution in [3.63, 3.8) is 0 Å². The van der Waals surface area contributed by atoms with Crippen LogP contribution in [0, 0.1) is 5.92 Å². The summed E-state index contributed by atoms with van der Waals surface area (Å²) in [5.41, 5.74) is 2.79. The van der Waals surface area contributed by atoms with E-state index in [1.807, 2.05) is 6.92 Å². The molecule has 0 heterocycles. The zero-order valence-corrected chi connectivity index (χ0v) is 9.03. The van der Waals surface area contributed by atoms with Crippen molar-refractivity contribution in [3.8, 4) is 0 Å². The van der Waals surface area contributed by atoms with E-state index in [0.717, 1.165) is 12.8 Å². The number of fused-ring (bicyclic) bond motifs is 1. The zero-order chi connectivity index (χ0) is 10.7. The van der Waals surface area contributed by atoms with E-state index in [-0.39, 0.29) is 5.97 Å². The third kappa shape index (κ3) is 2.38. The van der Waals surface area contributed by atoms with Crippen molar-refractivity contribution < 1.29 is 9.53 Å². The number of hydrogen-bond acceptors (Lipinski definition) is 2. The molecule has 0 aliphatic heterocycles. The summed E-state index contributed by atoms with van der Waals surface area (Å²) in [6, 6.07) is 8.43.